The summed E-state index contributed by atoms with van der Waals surface area (Å²) in [5.74, 6) is -1.23. The van der Waals surface area contributed by atoms with Crippen LogP contribution in [0.1, 0.15) is 13.1 Å². The third-order valence-corrected chi connectivity index (χ3v) is 1.35. The van der Waals surface area contributed by atoms with E-state index >= 15 is 0 Å². The van der Waals surface area contributed by atoms with Gasteiger partial charge in [-0.15, -0.1) is 0 Å². The van der Waals surface area contributed by atoms with Gasteiger partial charge in [-0.05, 0) is 5.56 Å². The number of carboxylic acids is 1. The molecule has 0 aliphatic carbocycles. The van der Waals surface area contributed by atoms with Gasteiger partial charge in [0.05, 0.1) is 0 Å². The first kappa shape index (κ1) is 16.0. The van der Waals surface area contributed by atoms with E-state index < -0.39 is 12.1 Å². The molecule has 0 spiro atoms. The fraction of sp³-hybridized carbons (Fsp3) is 0.125. The van der Waals surface area contributed by atoms with Gasteiger partial charge in [0.1, 0.15) is 0 Å². The summed E-state index contributed by atoms with van der Waals surface area (Å²) >= 11 is 0. The molecule has 3 nitrogen and oxygen atoms in total. The Morgan fingerprint density at radius 3 is 2.15 bits per heavy atom. The van der Waals surface area contributed by atoms with Crippen molar-refractivity contribution in [2.45, 2.75) is 6.10 Å². The number of hydrogen-bond acceptors (Lipinski definition) is 2. The van der Waals surface area contributed by atoms with Gasteiger partial charge in [-0.3, -0.25) is 0 Å². The number of rotatable bonds is 2. The van der Waals surface area contributed by atoms with Crippen LogP contribution in [0.2, 0.25) is 0 Å². The maximum Gasteiger partial charge on any atom is 1.00 e. The predicted octanol–water partition coefficient (Wildman–Crippen LogP) is -2.08. The summed E-state index contributed by atoms with van der Waals surface area (Å²) in [6.45, 7) is 0. The summed E-state index contributed by atoms with van der Waals surface area (Å²) in [6.07, 6.45) is -1.41. The summed E-state index contributed by atoms with van der Waals surface area (Å²) in [5.41, 5.74) is 0.403. The first-order valence-corrected chi connectivity index (χ1v) is 3.17. The largest absolute Gasteiger partial charge is 1.00 e. The molecule has 2 N–H and O–H groups in total. The van der Waals surface area contributed by atoms with Crippen molar-refractivity contribution in [2.75, 3.05) is 0 Å². The molecule has 0 aliphatic heterocycles. The number of carbonyl (C=O) groups is 1. The molecule has 1 aromatic carbocycles. The van der Waals surface area contributed by atoms with Crippen LogP contribution in [0, 0.1) is 0 Å². The smallest absolute Gasteiger partial charge is 1.00 e. The van der Waals surface area contributed by atoms with E-state index in [0.717, 1.165) is 0 Å². The van der Waals surface area contributed by atoms with Crippen molar-refractivity contribution >= 4 is 5.97 Å². The number of aliphatic hydroxyl groups excluding tert-OH is 1. The molecule has 0 aliphatic rings. The minimum absolute atomic E-state index is 0. The monoisotopic (exact) mass is 266 g/mol. The molecule has 1 rings (SSSR count). The zero-order chi connectivity index (χ0) is 8.27. The molecule has 64 valence electrons. The quantitative estimate of drug-likeness (QED) is 0.605. The minimum atomic E-state index is -1.41. The van der Waals surface area contributed by atoms with Crippen LogP contribution in [-0.2, 0) is 31.0 Å². The molecule has 0 bridgehead atoms. The normalized spacial score (nSPS) is 10.5. The third-order valence-electron chi connectivity index (χ3n) is 1.35. The van der Waals surface area contributed by atoms with E-state index in [4.69, 9.17) is 10.2 Å². The second-order valence-electron chi connectivity index (χ2n) is 2.15. The van der Waals surface area contributed by atoms with E-state index in [-0.39, 0.29) is 57.2 Å². The molecule has 0 aromatic heterocycles. The van der Waals surface area contributed by atoms with Crippen LogP contribution in [0.3, 0.4) is 0 Å². The van der Waals surface area contributed by atoms with Gasteiger partial charge in [-0.2, -0.15) is 0 Å². The van der Waals surface area contributed by atoms with Crippen molar-refractivity contribution in [2.24, 2.45) is 0 Å². The van der Waals surface area contributed by atoms with Gasteiger partial charge in [0.25, 0.3) is 0 Å². The Morgan fingerprint density at radius 1 is 1.31 bits per heavy atom. The number of benzene rings is 1. The minimum Gasteiger partial charge on any atom is -1.00 e. The molecule has 0 unspecified atom stereocenters. The van der Waals surface area contributed by atoms with Gasteiger partial charge in [0.2, 0.25) is 0 Å². The average molecular weight is 267 g/mol. The molecule has 0 amide bonds. The Hall–Kier alpha value is 0.533. The first-order chi connectivity index (χ1) is 5.22. The van der Waals surface area contributed by atoms with Gasteiger partial charge < -0.3 is 11.6 Å². The van der Waals surface area contributed by atoms with Gasteiger partial charge >= 0.3 is 35.5 Å². The maximum absolute atomic E-state index is 10.2. The standard InChI is InChI=1S/C8H8O3.Na.Zr.H/c9-7(8(10)11)6-4-2-1-3-5-6;;;/h1-5,7,9H,(H,10,11);;;/q;+1;;-1/t7-;;;/m1.../s1. The van der Waals surface area contributed by atoms with Crippen LogP contribution in [0.15, 0.2) is 30.3 Å². The number of hydrogen-bond donors (Lipinski definition) is 2. The van der Waals surface area contributed by atoms with Crippen molar-refractivity contribution < 1.29 is 72.2 Å². The average Bonchev–Trinajstić information content (AvgIpc) is 2.05. The number of aliphatic carboxylic acids is 1. The van der Waals surface area contributed by atoms with Crippen molar-refractivity contribution in [3.05, 3.63) is 35.9 Å². The molecule has 0 saturated heterocycles. The number of aliphatic hydroxyl groups is 1. The van der Waals surface area contributed by atoms with Gasteiger partial charge in [0.15, 0.2) is 6.10 Å². The number of carboxylic acid groups (broad SMARTS) is 1. The first-order valence-electron chi connectivity index (χ1n) is 3.17. The molecule has 0 radical (unpaired) electrons. The Balaban J connectivity index is -0.000000403. The van der Waals surface area contributed by atoms with Crippen LogP contribution >= 0.6 is 0 Å². The van der Waals surface area contributed by atoms with Crippen LogP contribution in [0.5, 0.6) is 0 Å². The van der Waals surface area contributed by atoms with Crippen LogP contribution in [0.25, 0.3) is 0 Å². The van der Waals surface area contributed by atoms with Crippen molar-refractivity contribution in [1.82, 2.24) is 0 Å². The van der Waals surface area contributed by atoms with Crippen LogP contribution < -0.4 is 29.6 Å². The SMILES string of the molecule is O=C(O)[C@H](O)c1ccccc1.[H-].[Na+].[Zr]. The van der Waals surface area contributed by atoms with Crippen LogP contribution in [0.4, 0.5) is 0 Å². The van der Waals surface area contributed by atoms with Gasteiger partial charge in [-0.25, -0.2) is 4.79 Å². The molecular weight excluding hydrogens is 258 g/mol. The summed E-state index contributed by atoms with van der Waals surface area (Å²) in [4.78, 5) is 10.2. The maximum atomic E-state index is 10.2. The van der Waals surface area contributed by atoms with Gasteiger partial charge in [0, 0.05) is 26.2 Å². The van der Waals surface area contributed by atoms with E-state index in [1.54, 1.807) is 30.3 Å². The summed E-state index contributed by atoms with van der Waals surface area (Å²) in [5, 5.41) is 17.4. The summed E-state index contributed by atoms with van der Waals surface area (Å²) < 4.78 is 0. The molecule has 5 heteroatoms. The molecule has 1 atom stereocenters. The molecule has 0 fully saturated rings. The molecule has 0 heterocycles. The zero-order valence-corrected chi connectivity index (χ0v) is 11.7. The topological polar surface area (TPSA) is 57.5 Å². The Bertz CT molecular complexity index is 258. The van der Waals surface area contributed by atoms with E-state index in [0.29, 0.717) is 5.56 Å². The fourth-order valence-corrected chi connectivity index (χ4v) is 0.778. The Morgan fingerprint density at radius 2 is 1.77 bits per heavy atom. The molecule has 13 heavy (non-hydrogen) atoms. The second-order valence-corrected chi connectivity index (χ2v) is 2.15. The Labute approximate surface area is 119 Å². The van der Waals surface area contributed by atoms with Gasteiger partial charge in [-0.1, -0.05) is 30.3 Å². The predicted molar refractivity (Wildman–Crippen MR) is 40.1 cm³/mol. The van der Waals surface area contributed by atoms with E-state index in [1.165, 1.54) is 0 Å². The van der Waals surface area contributed by atoms with Crippen molar-refractivity contribution in [3.63, 3.8) is 0 Å². The molecular formula is C8H9NaO3Zr. The van der Waals surface area contributed by atoms with E-state index in [2.05, 4.69) is 0 Å². The molecule has 0 saturated carbocycles. The molecule has 1 aromatic rings. The van der Waals surface area contributed by atoms with E-state index in [1.807, 2.05) is 0 Å². The fourth-order valence-electron chi connectivity index (χ4n) is 0.778. The van der Waals surface area contributed by atoms with E-state index in [9.17, 15) is 4.79 Å². The second kappa shape index (κ2) is 7.89. The Kier molecular flexibility index (Phi) is 9.70. The van der Waals surface area contributed by atoms with Crippen molar-refractivity contribution in [1.29, 1.82) is 0 Å². The summed E-state index contributed by atoms with van der Waals surface area (Å²) in [6, 6.07) is 8.26. The van der Waals surface area contributed by atoms with Crippen molar-refractivity contribution in [3.8, 4) is 0 Å². The van der Waals surface area contributed by atoms with Crippen LogP contribution in [-0.4, -0.2) is 16.2 Å². The zero-order valence-electron chi connectivity index (χ0n) is 8.27. The summed E-state index contributed by atoms with van der Waals surface area (Å²) in [7, 11) is 0. The third kappa shape index (κ3) is 5.09.